The van der Waals surface area contributed by atoms with Crippen molar-refractivity contribution in [2.75, 3.05) is 32.7 Å². The lowest BCUT2D eigenvalue weighted by Crippen LogP contribution is -2.43. The lowest BCUT2D eigenvalue weighted by molar-refractivity contribution is -0.128. The average Bonchev–Trinajstić information content (AvgIpc) is 2.79. The number of carbonyl (C=O) groups is 2. The number of fused-ring (bicyclic) bond motifs is 1. The summed E-state index contributed by atoms with van der Waals surface area (Å²) in [6, 6.07) is 8.13. The second-order valence-corrected chi connectivity index (χ2v) is 8.92. The molecule has 1 aromatic carbocycles. The first-order valence-electron chi connectivity index (χ1n) is 11.4. The van der Waals surface area contributed by atoms with Crippen molar-refractivity contribution < 1.29 is 9.59 Å². The Morgan fingerprint density at radius 2 is 1.81 bits per heavy atom. The van der Waals surface area contributed by atoms with Gasteiger partial charge in [-0.15, -0.1) is 0 Å². The number of nitrogens with one attached hydrogen (secondary N) is 1. The molecule has 0 aliphatic carbocycles. The number of pyridine rings is 1. The van der Waals surface area contributed by atoms with Crippen LogP contribution in [0.5, 0.6) is 0 Å². The predicted octanol–water partition coefficient (Wildman–Crippen LogP) is 2.95. The Morgan fingerprint density at radius 3 is 2.56 bits per heavy atom. The number of nitrogens with zero attached hydrogens (tertiary/aromatic N) is 3. The maximum absolute atomic E-state index is 13.2. The summed E-state index contributed by atoms with van der Waals surface area (Å²) in [5, 5.41) is 2.96. The summed E-state index contributed by atoms with van der Waals surface area (Å²) >= 11 is 0. The minimum absolute atomic E-state index is 0.112. The van der Waals surface area contributed by atoms with Gasteiger partial charge >= 0.3 is 0 Å². The number of amides is 2. The summed E-state index contributed by atoms with van der Waals surface area (Å²) in [4.78, 5) is 33.9. The molecular formula is C26H32N4O2. The smallest absolute Gasteiger partial charge is 0.252 e. The highest BCUT2D eigenvalue weighted by atomic mass is 16.2. The van der Waals surface area contributed by atoms with Crippen molar-refractivity contribution >= 4 is 11.8 Å². The van der Waals surface area contributed by atoms with Gasteiger partial charge < -0.3 is 10.2 Å². The molecule has 0 saturated carbocycles. The van der Waals surface area contributed by atoms with Crippen LogP contribution in [0.4, 0.5) is 0 Å². The van der Waals surface area contributed by atoms with Crippen LogP contribution in [0.3, 0.4) is 0 Å². The molecule has 0 bridgehead atoms. The normalized spacial score (nSPS) is 16.3. The Morgan fingerprint density at radius 1 is 1.03 bits per heavy atom. The molecule has 6 heteroatoms. The predicted molar refractivity (Wildman–Crippen MR) is 125 cm³/mol. The molecule has 6 nitrogen and oxygen atoms in total. The van der Waals surface area contributed by atoms with Gasteiger partial charge in [-0.1, -0.05) is 18.2 Å². The third kappa shape index (κ3) is 5.07. The number of aryl methyl sites for hydroxylation is 3. The van der Waals surface area contributed by atoms with Crippen LogP contribution in [0.25, 0.3) is 0 Å². The van der Waals surface area contributed by atoms with Gasteiger partial charge in [-0.2, -0.15) is 0 Å². The third-order valence-electron chi connectivity index (χ3n) is 6.51. The average molecular weight is 433 g/mol. The van der Waals surface area contributed by atoms with Crippen LogP contribution < -0.4 is 5.32 Å². The molecule has 0 radical (unpaired) electrons. The number of carbonyl (C=O) groups excluding carboxylic acids is 2. The minimum atomic E-state index is -0.112. The number of rotatable bonds is 5. The van der Waals surface area contributed by atoms with Gasteiger partial charge in [-0.3, -0.25) is 19.5 Å². The van der Waals surface area contributed by atoms with Crippen LogP contribution in [0.1, 0.15) is 44.7 Å². The van der Waals surface area contributed by atoms with Crippen molar-refractivity contribution in [3.05, 3.63) is 75.6 Å². The molecule has 1 N–H and O–H groups in total. The van der Waals surface area contributed by atoms with Crippen LogP contribution in [0.2, 0.25) is 0 Å². The van der Waals surface area contributed by atoms with E-state index in [1.165, 1.54) is 22.3 Å². The first kappa shape index (κ1) is 22.2. The number of hydrogen-bond donors (Lipinski definition) is 1. The largest absolute Gasteiger partial charge is 0.351 e. The monoisotopic (exact) mass is 432 g/mol. The second kappa shape index (κ2) is 9.65. The number of benzene rings is 1. The fourth-order valence-corrected chi connectivity index (χ4v) is 4.42. The Kier molecular flexibility index (Phi) is 6.70. The Balaban J connectivity index is 1.29. The summed E-state index contributed by atoms with van der Waals surface area (Å²) < 4.78 is 0. The van der Waals surface area contributed by atoms with E-state index in [0.29, 0.717) is 25.2 Å². The highest BCUT2D eigenvalue weighted by Gasteiger charge is 2.26. The highest BCUT2D eigenvalue weighted by Crippen LogP contribution is 2.24. The van der Waals surface area contributed by atoms with Gasteiger partial charge in [0.15, 0.2) is 0 Å². The van der Waals surface area contributed by atoms with E-state index in [1.54, 1.807) is 12.3 Å². The maximum Gasteiger partial charge on any atom is 0.252 e. The van der Waals surface area contributed by atoms with Gasteiger partial charge in [-0.05, 0) is 68.0 Å². The van der Waals surface area contributed by atoms with Crippen molar-refractivity contribution in [3.63, 3.8) is 0 Å². The molecule has 2 amide bonds. The zero-order valence-corrected chi connectivity index (χ0v) is 19.3. The van der Waals surface area contributed by atoms with E-state index in [0.717, 1.165) is 43.7 Å². The molecule has 0 spiro atoms. The molecule has 0 fully saturated rings. The van der Waals surface area contributed by atoms with Crippen LogP contribution in [-0.4, -0.2) is 59.3 Å². The summed E-state index contributed by atoms with van der Waals surface area (Å²) in [5.41, 5.74) is 7.58. The molecular weight excluding hydrogens is 400 g/mol. The topological polar surface area (TPSA) is 65.5 Å². The zero-order chi connectivity index (χ0) is 22.7. The molecule has 2 aromatic rings. The van der Waals surface area contributed by atoms with Gasteiger partial charge in [0.05, 0.1) is 5.56 Å². The van der Waals surface area contributed by atoms with Gasteiger partial charge in [0.2, 0.25) is 0 Å². The maximum atomic E-state index is 13.2. The van der Waals surface area contributed by atoms with E-state index in [1.807, 2.05) is 17.9 Å². The first-order valence-corrected chi connectivity index (χ1v) is 11.4. The van der Waals surface area contributed by atoms with Crippen LogP contribution in [0, 0.1) is 20.8 Å². The van der Waals surface area contributed by atoms with Crippen molar-refractivity contribution in [1.82, 2.24) is 20.1 Å². The van der Waals surface area contributed by atoms with Crippen LogP contribution in [0.15, 0.2) is 42.1 Å². The molecule has 2 aliphatic heterocycles. The van der Waals surface area contributed by atoms with E-state index in [-0.39, 0.29) is 11.8 Å². The van der Waals surface area contributed by atoms with E-state index in [9.17, 15) is 9.59 Å². The van der Waals surface area contributed by atoms with Crippen molar-refractivity contribution in [2.45, 2.75) is 40.2 Å². The lowest BCUT2D eigenvalue weighted by Gasteiger charge is -2.33. The third-order valence-corrected chi connectivity index (χ3v) is 6.51. The quantitative estimate of drug-likeness (QED) is 0.789. The van der Waals surface area contributed by atoms with Crippen molar-refractivity contribution in [1.29, 1.82) is 0 Å². The van der Waals surface area contributed by atoms with Crippen molar-refractivity contribution in [2.24, 2.45) is 0 Å². The molecule has 3 heterocycles. The van der Waals surface area contributed by atoms with Gasteiger partial charge in [0, 0.05) is 56.7 Å². The number of hydrogen-bond acceptors (Lipinski definition) is 4. The standard InChI is InChI=1S/C26H32N4O2/c1-18-13-21-8-11-30(17-24(21)14-19(18)2)26(32)23-5-4-10-29(16-23)12-9-27-25(31)22-7-6-20(3)28-15-22/h5-7,13-15H,4,8-12,16-17H2,1-3H3,(H,27,31). The fraction of sp³-hybridized carbons (Fsp3) is 0.423. The summed E-state index contributed by atoms with van der Waals surface area (Å²) in [6.45, 7) is 10.4. The fourth-order valence-electron chi connectivity index (χ4n) is 4.42. The molecule has 32 heavy (non-hydrogen) atoms. The molecule has 168 valence electrons. The highest BCUT2D eigenvalue weighted by molar-refractivity contribution is 5.94. The zero-order valence-electron chi connectivity index (χ0n) is 19.3. The molecule has 0 unspecified atom stereocenters. The van der Waals surface area contributed by atoms with Gasteiger partial charge in [0.25, 0.3) is 11.8 Å². The van der Waals surface area contributed by atoms with Crippen LogP contribution in [-0.2, 0) is 17.8 Å². The van der Waals surface area contributed by atoms with E-state index in [2.05, 4.69) is 47.3 Å². The Bertz CT molecular complexity index is 1040. The van der Waals surface area contributed by atoms with E-state index >= 15 is 0 Å². The van der Waals surface area contributed by atoms with Crippen LogP contribution >= 0.6 is 0 Å². The molecule has 4 rings (SSSR count). The Labute approximate surface area is 190 Å². The molecule has 1 aromatic heterocycles. The van der Waals surface area contributed by atoms with Gasteiger partial charge in [-0.25, -0.2) is 0 Å². The molecule has 2 aliphatic rings. The molecule has 0 saturated heterocycles. The lowest BCUT2D eigenvalue weighted by atomic mass is 9.94. The van der Waals surface area contributed by atoms with Gasteiger partial charge in [0.1, 0.15) is 0 Å². The van der Waals surface area contributed by atoms with E-state index < -0.39 is 0 Å². The minimum Gasteiger partial charge on any atom is -0.351 e. The number of aromatic nitrogens is 1. The second-order valence-electron chi connectivity index (χ2n) is 8.92. The summed E-state index contributed by atoms with van der Waals surface area (Å²) in [5.74, 6) is 0.0345. The molecule has 0 atom stereocenters. The summed E-state index contributed by atoms with van der Waals surface area (Å²) in [6.07, 6.45) is 5.47. The Hall–Kier alpha value is -2.99. The van der Waals surface area contributed by atoms with E-state index in [4.69, 9.17) is 0 Å². The summed E-state index contributed by atoms with van der Waals surface area (Å²) in [7, 11) is 0. The first-order chi connectivity index (χ1) is 15.4. The van der Waals surface area contributed by atoms with Crippen molar-refractivity contribution in [3.8, 4) is 0 Å². The SMILES string of the molecule is Cc1ccc(C(=O)NCCN2CCC=C(C(=O)N3CCc4cc(C)c(C)cc4C3)C2)cn1.